The third-order valence-electron chi connectivity index (χ3n) is 5.29. The molecule has 1 aromatic carbocycles. The Kier molecular flexibility index (Phi) is 13.9. The summed E-state index contributed by atoms with van der Waals surface area (Å²) in [4.78, 5) is 24.6. The van der Waals surface area contributed by atoms with E-state index in [0.717, 1.165) is 26.2 Å². The molecule has 0 aliphatic rings. The summed E-state index contributed by atoms with van der Waals surface area (Å²) in [6.07, 6.45) is 14.5. The van der Waals surface area contributed by atoms with Crippen molar-refractivity contribution in [2.75, 3.05) is 6.61 Å². The number of benzene rings is 1. The second-order valence-electron chi connectivity index (χ2n) is 8.06. The topological polar surface area (TPSA) is 107 Å². The van der Waals surface area contributed by atoms with Crippen LogP contribution in [0.25, 0.3) is 0 Å². The summed E-state index contributed by atoms with van der Waals surface area (Å²) < 4.78 is 41.1. The highest BCUT2D eigenvalue weighted by Crippen LogP contribution is 2.15. The zero-order chi connectivity index (χ0) is 23.8. The minimum Gasteiger partial charge on any atom is -0.462 e. The predicted octanol–water partition coefficient (Wildman–Crippen LogP) is 5.94. The number of hydrogen-bond acceptors (Lipinski definition) is 6. The molecule has 0 heterocycles. The van der Waals surface area contributed by atoms with Crippen molar-refractivity contribution in [1.82, 2.24) is 0 Å². The van der Waals surface area contributed by atoms with Crippen LogP contribution in [0.2, 0.25) is 0 Å². The smallest absolute Gasteiger partial charge is 0.340 e. The summed E-state index contributed by atoms with van der Waals surface area (Å²) in [5.74, 6) is -1.69. The normalized spacial score (nSPS) is 12.3. The van der Waals surface area contributed by atoms with Gasteiger partial charge in [0.2, 0.25) is 5.44 Å². The van der Waals surface area contributed by atoms with E-state index in [0.29, 0.717) is 0 Å². The Morgan fingerprint density at radius 1 is 0.812 bits per heavy atom. The van der Waals surface area contributed by atoms with Gasteiger partial charge in [0.05, 0.1) is 17.7 Å². The van der Waals surface area contributed by atoms with Crippen LogP contribution >= 0.6 is 0 Å². The predicted molar refractivity (Wildman–Crippen MR) is 124 cm³/mol. The van der Waals surface area contributed by atoms with Gasteiger partial charge in [0, 0.05) is 0 Å². The standard InChI is InChI=1S/C24H38O7S/c1-3-4-5-6-7-8-9-10-11-12-13-16-19-30-23(25)21-17-14-15-18-22(21)24(26)31-20(2)32(27,28)29/h14-15,17-18,20H,3-13,16,19H2,1-2H3,(H,27,28,29). The van der Waals surface area contributed by atoms with Crippen molar-refractivity contribution < 1.29 is 32.0 Å². The molecule has 1 rings (SSSR count). The first-order valence-electron chi connectivity index (χ1n) is 11.7. The van der Waals surface area contributed by atoms with Gasteiger partial charge in [0.1, 0.15) is 0 Å². The number of unbranched alkanes of at least 4 members (excludes halogenated alkanes) is 11. The molecule has 0 aromatic heterocycles. The van der Waals surface area contributed by atoms with E-state index in [4.69, 9.17) is 14.0 Å². The van der Waals surface area contributed by atoms with Gasteiger partial charge in [-0.2, -0.15) is 8.42 Å². The maximum Gasteiger partial charge on any atom is 0.340 e. The van der Waals surface area contributed by atoms with E-state index in [1.807, 2.05) is 0 Å². The van der Waals surface area contributed by atoms with Gasteiger partial charge >= 0.3 is 22.1 Å². The third kappa shape index (κ3) is 11.6. The van der Waals surface area contributed by atoms with Crippen LogP contribution in [0.1, 0.15) is 112 Å². The van der Waals surface area contributed by atoms with Gasteiger partial charge in [-0.25, -0.2) is 9.59 Å². The summed E-state index contributed by atoms with van der Waals surface area (Å²) in [7, 11) is -4.53. The highest BCUT2D eigenvalue weighted by atomic mass is 32.2. The fraction of sp³-hybridized carbons (Fsp3) is 0.667. The fourth-order valence-corrected chi connectivity index (χ4v) is 3.51. The molecular formula is C24H38O7S. The second kappa shape index (κ2) is 15.8. The monoisotopic (exact) mass is 470 g/mol. The van der Waals surface area contributed by atoms with Crippen molar-refractivity contribution in [2.45, 2.75) is 96.3 Å². The first-order valence-corrected chi connectivity index (χ1v) is 13.2. The lowest BCUT2D eigenvalue weighted by molar-refractivity contribution is 0.0425. The first kappa shape index (κ1) is 28.1. The molecule has 0 amide bonds. The second-order valence-corrected chi connectivity index (χ2v) is 9.75. The minimum atomic E-state index is -4.53. The van der Waals surface area contributed by atoms with Crippen molar-refractivity contribution in [3.8, 4) is 0 Å². The molecule has 0 spiro atoms. The van der Waals surface area contributed by atoms with E-state index < -0.39 is 27.5 Å². The molecule has 8 heteroatoms. The zero-order valence-electron chi connectivity index (χ0n) is 19.4. The van der Waals surface area contributed by atoms with Crippen molar-refractivity contribution in [3.05, 3.63) is 35.4 Å². The highest BCUT2D eigenvalue weighted by Gasteiger charge is 2.25. The van der Waals surface area contributed by atoms with Crippen LogP contribution in [0, 0.1) is 0 Å². The van der Waals surface area contributed by atoms with E-state index in [9.17, 15) is 18.0 Å². The van der Waals surface area contributed by atoms with E-state index in [2.05, 4.69) is 6.92 Å². The number of ether oxygens (including phenoxy) is 2. The van der Waals surface area contributed by atoms with Gasteiger partial charge in [-0.15, -0.1) is 0 Å². The number of esters is 2. The summed E-state index contributed by atoms with van der Waals surface area (Å²) >= 11 is 0. The molecule has 0 radical (unpaired) electrons. The van der Waals surface area contributed by atoms with Crippen LogP contribution in [0.5, 0.6) is 0 Å². The van der Waals surface area contributed by atoms with Gasteiger partial charge in [-0.05, 0) is 25.5 Å². The maximum absolute atomic E-state index is 12.4. The summed E-state index contributed by atoms with van der Waals surface area (Å²) in [6.45, 7) is 3.51. The largest absolute Gasteiger partial charge is 0.462 e. The molecule has 0 saturated heterocycles. The maximum atomic E-state index is 12.4. The fourth-order valence-electron chi connectivity index (χ4n) is 3.30. The number of carbonyl (C=O) groups excluding carboxylic acids is 2. The SMILES string of the molecule is CCCCCCCCCCCCCCOC(=O)c1ccccc1C(=O)OC(C)S(=O)(=O)O. The molecule has 0 aliphatic heterocycles. The molecular weight excluding hydrogens is 432 g/mol. The van der Waals surface area contributed by atoms with Crippen molar-refractivity contribution in [2.24, 2.45) is 0 Å². The molecule has 0 fully saturated rings. The zero-order valence-corrected chi connectivity index (χ0v) is 20.2. The van der Waals surface area contributed by atoms with E-state index >= 15 is 0 Å². The van der Waals surface area contributed by atoms with Crippen LogP contribution in [0.4, 0.5) is 0 Å². The molecule has 1 unspecified atom stereocenters. The molecule has 0 aliphatic carbocycles. The average molecular weight is 471 g/mol. The van der Waals surface area contributed by atoms with Crippen molar-refractivity contribution in [1.29, 1.82) is 0 Å². The van der Waals surface area contributed by atoms with Gasteiger partial charge in [0.25, 0.3) is 0 Å². The Balaban J connectivity index is 2.27. The van der Waals surface area contributed by atoms with E-state index in [1.165, 1.54) is 76.0 Å². The van der Waals surface area contributed by atoms with Crippen molar-refractivity contribution in [3.63, 3.8) is 0 Å². The molecule has 1 N–H and O–H groups in total. The van der Waals surface area contributed by atoms with Gasteiger partial charge in [-0.3, -0.25) is 4.55 Å². The van der Waals surface area contributed by atoms with E-state index in [-0.39, 0.29) is 17.7 Å². The first-order chi connectivity index (χ1) is 15.3. The van der Waals surface area contributed by atoms with Crippen LogP contribution in [0.15, 0.2) is 24.3 Å². The lowest BCUT2D eigenvalue weighted by atomic mass is 10.1. The highest BCUT2D eigenvalue weighted by molar-refractivity contribution is 7.86. The lowest BCUT2D eigenvalue weighted by Crippen LogP contribution is -2.25. The summed E-state index contributed by atoms with van der Waals surface area (Å²) in [6, 6.07) is 5.86. The minimum absolute atomic E-state index is 0.000950. The molecule has 1 aromatic rings. The summed E-state index contributed by atoms with van der Waals surface area (Å²) in [5, 5.41) is 0. The van der Waals surface area contributed by atoms with Crippen LogP contribution in [-0.2, 0) is 19.6 Å². The van der Waals surface area contributed by atoms with Crippen LogP contribution in [0.3, 0.4) is 0 Å². The Bertz CT molecular complexity index is 789. The van der Waals surface area contributed by atoms with Gasteiger partial charge in [0.15, 0.2) is 0 Å². The Hall–Kier alpha value is -1.93. The molecule has 7 nitrogen and oxygen atoms in total. The van der Waals surface area contributed by atoms with Crippen LogP contribution in [-0.4, -0.2) is 37.0 Å². The molecule has 32 heavy (non-hydrogen) atoms. The molecule has 0 saturated carbocycles. The van der Waals surface area contributed by atoms with Crippen molar-refractivity contribution >= 4 is 22.1 Å². The van der Waals surface area contributed by atoms with Gasteiger partial charge < -0.3 is 9.47 Å². The molecule has 182 valence electrons. The number of rotatable bonds is 17. The summed E-state index contributed by atoms with van der Waals surface area (Å²) in [5.41, 5.74) is -1.85. The Morgan fingerprint density at radius 3 is 1.72 bits per heavy atom. The third-order valence-corrected chi connectivity index (χ3v) is 6.23. The van der Waals surface area contributed by atoms with Gasteiger partial charge in [-0.1, -0.05) is 89.7 Å². The average Bonchev–Trinajstić information content (AvgIpc) is 2.76. The quantitative estimate of drug-likeness (QED) is 0.171. The van der Waals surface area contributed by atoms with Crippen LogP contribution < -0.4 is 0 Å². The molecule has 1 atom stereocenters. The Labute approximate surface area is 192 Å². The number of hydrogen-bond donors (Lipinski definition) is 1. The Morgan fingerprint density at radius 2 is 1.25 bits per heavy atom. The number of carbonyl (C=O) groups is 2. The van der Waals surface area contributed by atoms with E-state index in [1.54, 1.807) is 6.07 Å². The molecule has 0 bridgehead atoms. The lowest BCUT2D eigenvalue weighted by Gasteiger charge is -2.12.